The maximum absolute atomic E-state index is 14.2. The van der Waals surface area contributed by atoms with Gasteiger partial charge in [-0.05, 0) is 44.6 Å². The third-order valence-electron chi connectivity index (χ3n) is 4.07. The van der Waals surface area contributed by atoms with E-state index in [0.29, 0.717) is 17.6 Å². The average molecular weight is 265 g/mol. The number of likely N-dealkylation sites (N-methyl/N-ethyl adjacent to an activating group) is 1. The van der Waals surface area contributed by atoms with Crippen LogP contribution in [0.15, 0.2) is 18.2 Å². The predicted molar refractivity (Wildman–Crippen MR) is 77.9 cm³/mol. The molecule has 1 heterocycles. The summed E-state index contributed by atoms with van der Waals surface area (Å²) in [5, 5.41) is 0. The molecule has 1 aromatic rings. The summed E-state index contributed by atoms with van der Waals surface area (Å²) in [5.41, 5.74) is 7.32. The number of hydrogen-bond donors (Lipinski definition) is 1. The molecular weight excluding hydrogens is 241 g/mol. The number of nitrogens with zero attached hydrogens (tertiary/aromatic N) is 2. The fourth-order valence-corrected chi connectivity index (χ4v) is 2.88. The Labute approximate surface area is 115 Å². The number of nitrogens with two attached hydrogens (primary N) is 1. The van der Waals surface area contributed by atoms with Crippen LogP contribution in [0.3, 0.4) is 0 Å². The lowest BCUT2D eigenvalue weighted by Crippen LogP contribution is -2.34. The smallest absolute Gasteiger partial charge is 0.146 e. The molecule has 2 N–H and O–H groups in total. The minimum Gasteiger partial charge on any atom is -0.367 e. The van der Waals surface area contributed by atoms with Crippen LogP contribution < -0.4 is 10.6 Å². The van der Waals surface area contributed by atoms with E-state index in [1.807, 2.05) is 19.1 Å². The van der Waals surface area contributed by atoms with Gasteiger partial charge in [-0.25, -0.2) is 4.39 Å². The van der Waals surface area contributed by atoms with Crippen molar-refractivity contribution < 1.29 is 4.39 Å². The van der Waals surface area contributed by atoms with Gasteiger partial charge in [-0.15, -0.1) is 0 Å². The molecule has 1 aliphatic heterocycles. The second-order valence-corrected chi connectivity index (χ2v) is 5.91. The van der Waals surface area contributed by atoms with Gasteiger partial charge >= 0.3 is 0 Å². The molecule has 1 saturated heterocycles. The van der Waals surface area contributed by atoms with Crippen LogP contribution in [0, 0.1) is 11.7 Å². The molecular formula is C15H24FN3. The van der Waals surface area contributed by atoms with Crippen molar-refractivity contribution in [3.05, 3.63) is 29.6 Å². The Balaban J connectivity index is 2.20. The molecule has 3 unspecified atom stereocenters. The number of anilines is 1. The quantitative estimate of drug-likeness (QED) is 0.909. The van der Waals surface area contributed by atoms with Gasteiger partial charge in [0.05, 0.1) is 5.69 Å². The number of benzene rings is 1. The molecule has 0 aromatic heterocycles. The van der Waals surface area contributed by atoms with Crippen LogP contribution in [0.25, 0.3) is 0 Å². The molecule has 0 bridgehead atoms. The normalized spacial score (nSPS) is 25.1. The molecule has 0 saturated carbocycles. The van der Waals surface area contributed by atoms with E-state index in [1.54, 1.807) is 6.07 Å². The van der Waals surface area contributed by atoms with Gasteiger partial charge in [0.25, 0.3) is 0 Å². The molecule has 106 valence electrons. The molecule has 1 fully saturated rings. The van der Waals surface area contributed by atoms with E-state index in [2.05, 4.69) is 30.8 Å². The highest BCUT2D eigenvalue weighted by Gasteiger charge is 2.32. The first-order chi connectivity index (χ1) is 8.90. The zero-order chi connectivity index (χ0) is 14.2. The van der Waals surface area contributed by atoms with Gasteiger partial charge in [-0.3, -0.25) is 0 Å². The van der Waals surface area contributed by atoms with Gasteiger partial charge in [-0.2, -0.15) is 0 Å². The van der Waals surface area contributed by atoms with E-state index in [-0.39, 0.29) is 11.9 Å². The van der Waals surface area contributed by atoms with E-state index < -0.39 is 0 Å². The van der Waals surface area contributed by atoms with Gasteiger partial charge in [0.2, 0.25) is 0 Å². The highest BCUT2D eigenvalue weighted by molar-refractivity contribution is 5.51. The molecule has 19 heavy (non-hydrogen) atoms. The van der Waals surface area contributed by atoms with Crippen LogP contribution in [0.2, 0.25) is 0 Å². The highest BCUT2D eigenvalue weighted by Crippen LogP contribution is 2.29. The van der Waals surface area contributed by atoms with Crippen molar-refractivity contribution in [3.63, 3.8) is 0 Å². The average Bonchev–Trinajstić information content (AvgIpc) is 2.71. The fourth-order valence-electron chi connectivity index (χ4n) is 2.88. The molecule has 0 radical (unpaired) electrons. The Morgan fingerprint density at radius 2 is 2.05 bits per heavy atom. The van der Waals surface area contributed by atoms with Crippen LogP contribution >= 0.6 is 0 Å². The minimum atomic E-state index is -0.165. The second kappa shape index (κ2) is 5.47. The third-order valence-corrected chi connectivity index (χ3v) is 4.07. The van der Waals surface area contributed by atoms with Crippen molar-refractivity contribution in [2.75, 3.05) is 32.1 Å². The topological polar surface area (TPSA) is 32.5 Å². The minimum absolute atomic E-state index is 0.129. The molecule has 2 rings (SSSR count). The van der Waals surface area contributed by atoms with Crippen molar-refractivity contribution >= 4 is 5.69 Å². The van der Waals surface area contributed by atoms with Crippen LogP contribution in [-0.4, -0.2) is 38.1 Å². The van der Waals surface area contributed by atoms with E-state index >= 15 is 0 Å². The number of halogens is 1. The Hall–Kier alpha value is -1.13. The summed E-state index contributed by atoms with van der Waals surface area (Å²) in [6.07, 6.45) is 0. The Bertz CT molecular complexity index is 445. The van der Waals surface area contributed by atoms with Gasteiger partial charge < -0.3 is 15.5 Å². The molecule has 1 aliphatic rings. The van der Waals surface area contributed by atoms with Crippen LogP contribution in [0.5, 0.6) is 0 Å². The molecule has 0 amide bonds. The first kappa shape index (κ1) is 14.3. The van der Waals surface area contributed by atoms with Crippen molar-refractivity contribution in [2.24, 2.45) is 11.7 Å². The summed E-state index contributed by atoms with van der Waals surface area (Å²) in [6, 6.07) is 5.70. The van der Waals surface area contributed by atoms with Gasteiger partial charge in [0.15, 0.2) is 0 Å². The maximum Gasteiger partial charge on any atom is 0.146 e. The Morgan fingerprint density at radius 3 is 2.53 bits per heavy atom. The summed E-state index contributed by atoms with van der Waals surface area (Å²) in [7, 11) is 4.17. The maximum atomic E-state index is 14.2. The largest absolute Gasteiger partial charge is 0.367 e. The SMILES string of the molecule is CC(N)c1ccc(N2CC(C)C(N(C)C)C2)c(F)c1. The van der Waals surface area contributed by atoms with E-state index in [9.17, 15) is 4.39 Å². The fraction of sp³-hybridized carbons (Fsp3) is 0.600. The summed E-state index contributed by atoms with van der Waals surface area (Å²) in [4.78, 5) is 4.36. The number of hydrogen-bond acceptors (Lipinski definition) is 3. The Morgan fingerprint density at radius 1 is 1.37 bits per heavy atom. The third kappa shape index (κ3) is 2.90. The number of rotatable bonds is 3. The van der Waals surface area contributed by atoms with E-state index in [4.69, 9.17) is 5.73 Å². The molecule has 3 atom stereocenters. The molecule has 3 nitrogen and oxygen atoms in total. The summed E-state index contributed by atoms with van der Waals surface area (Å²) in [5.74, 6) is 0.379. The standard InChI is InChI=1S/C15H24FN3/c1-10-8-19(9-15(10)18(3)4)14-6-5-12(11(2)17)7-13(14)16/h5-7,10-11,15H,8-9,17H2,1-4H3. The van der Waals surface area contributed by atoms with Crippen LogP contribution in [0.1, 0.15) is 25.5 Å². The first-order valence-corrected chi connectivity index (χ1v) is 6.86. The van der Waals surface area contributed by atoms with E-state index in [0.717, 1.165) is 18.7 Å². The zero-order valence-electron chi connectivity index (χ0n) is 12.2. The molecule has 0 aliphatic carbocycles. The summed E-state index contributed by atoms with van der Waals surface area (Å²) in [6.45, 7) is 5.87. The second-order valence-electron chi connectivity index (χ2n) is 5.91. The monoisotopic (exact) mass is 265 g/mol. The van der Waals surface area contributed by atoms with Crippen molar-refractivity contribution in [2.45, 2.75) is 25.9 Å². The van der Waals surface area contributed by atoms with Gasteiger partial charge in [0.1, 0.15) is 5.82 Å². The van der Waals surface area contributed by atoms with Gasteiger partial charge in [-0.1, -0.05) is 13.0 Å². The van der Waals surface area contributed by atoms with Crippen LogP contribution in [-0.2, 0) is 0 Å². The predicted octanol–water partition coefficient (Wildman–Crippen LogP) is 2.23. The Kier molecular flexibility index (Phi) is 4.11. The lowest BCUT2D eigenvalue weighted by molar-refractivity contribution is 0.266. The molecule has 1 aromatic carbocycles. The van der Waals surface area contributed by atoms with Crippen molar-refractivity contribution in [1.29, 1.82) is 0 Å². The molecule has 0 spiro atoms. The highest BCUT2D eigenvalue weighted by atomic mass is 19.1. The van der Waals surface area contributed by atoms with Crippen molar-refractivity contribution in [3.8, 4) is 0 Å². The van der Waals surface area contributed by atoms with Crippen LogP contribution in [0.4, 0.5) is 10.1 Å². The van der Waals surface area contributed by atoms with Gasteiger partial charge in [0, 0.05) is 25.2 Å². The zero-order valence-corrected chi connectivity index (χ0v) is 12.2. The lowest BCUT2D eigenvalue weighted by Gasteiger charge is -2.23. The summed E-state index contributed by atoms with van der Waals surface area (Å²) < 4.78 is 14.2. The summed E-state index contributed by atoms with van der Waals surface area (Å²) >= 11 is 0. The molecule has 4 heteroatoms. The van der Waals surface area contributed by atoms with Crippen molar-refractivity contribution in [1.82, 2.24) is 4.90 Å². The lowest BCUT2D eigenvalue weighted by atomic mass is 10.1. The van der Waals surface area contributed by atoms with E-state index in [1.165, 1.54) is 0 Å². The first-order valence-electron chi connectivity index (χ1n) is 6.86.